The fourth-order valence-electron chi connectivity index (χ4n) is 1.71. The van der Waals surface area contributed by atoms with Gasteiger partial charge in [-0.05, 0) is 24.3 Å². The molecule has 1 aliphatic heterocycles. The Balaban J connectivity index is 0.000000277. The number of carboxylic acids is 1. The summed E-state index contributed by atoms with van der Waals surface area (Å²) in [4.78, 5) is 8.90. The lowest BCUT2D eigenvalue weighted by atomic mass is 10.2. The summed E-state index contributed by atoms with van der Waals surface area (Å²) in [6.07, 6.45) is -3.20. The topological polar surface area (TPSA) is 89.3 Å². The van der Waals surface area contributed by atoms with Gasteiger partial charge in [-0.1, -0.05) is 5.21 Å². The third kappa shape index (κ3) is 5.71. The van der Waals surface area contributed by atoms with Crippen molar-refractivity contribution in [2.24, 2.45) is 0 Å². The minimum Gasteiger partial charge on any atom is -0.487 e. The van der Waals surface area contributed by atoms with E-state index >= 15 is 0 Å². The van der Waals surface area contributed by atoms with Crippen molar-refractivity contribution in [1.29, 1.82) is 0 Å². The number of benzene rings is 1. The fourth-order valence-corrected chi connectivity index (χ4v) is 1.71. The van der Waals surface area contributed by atoms with Gasteiger partial charge in [-0.3, -0.25) is 0 Å². The van der Waals surface area contributed by atoms with Crippen LogP contribution in [-0.4, -0.2) is 45.3 Å². The lowest BCUT2D eigenvalue weighted by Crippen LogP contribution is -2.43. The second-order valence-electron chi connectivity index (χ2n) is 5.05. The number of nitrogens with one attached hydrogen (secondary N) is 1. The molecule has 136 valence electrons. The van der Waals surface area contributed by atoms with Crippen molar-refractivity contribution < 1.29 is 32.2 Å². The summed E-state index contributed by atoms with van der Waals surface area (Å²) >= 11 is 0. The van der Waals surface area contributed by atoms with Gasteiger partial charge in [-0.2, -0.15) is 13.2 Å². The molecule has 0 radical (unpaired) electrons. The minimum absolute atomic E-state index is 0.272. The molecule has 1 fully saturated rings. The van der Waals surface area contributed by atoms with Crippen LogP contribution in [0.1, 0.15) is 11.7 Å². The van der Waals surface area contributed by atoms with Crippen molar-refractivity contribution in [1.82, 2.24) is 20.3 Å². The number of hydrogen-bond donors (Lipinski definition) is 2. The summed E-state index contributed by atoms with van der Waals surface area (Å²) in [5.41, 5.74) is 0.770. The second kappa shape index (κ2) is 7.92. The van der Waals surface area contributed by atoms with Crippen LogP contribution >= 0.6 is 0 Å². The number of nitrogens with zero attached hydrogens (tertiary/aromatic N) is 3. The zero-order valence-corrected chi connectivity index (χ0v) is 12.7. The summed E-state index contributed by atoms with van der Waals surface area (Å²) in [5.74, 6) is -2.41. The predicted octanol–water partition coefficient (Wildman–Crippen LogP) is 1.77. The first-order chi connectivity index (χ1) is 11.8. The van der Waals surface area contributed by atoms with E-state index in [4.69, 9.17) is 14.6 Å². The highest BCUT2D eigenvalue weighted by Gasteiger charge is 2.38. The average molecular weight is 362 g/mol. The van der Waals surface area contributed by atoms with E-state index in [0.717, 1.165) is 18.8 Å². The van der Waals surface area contributed by atoms with Gasteiger partial charge in [0.2, 0.25) is 0 Å². The lowest BCUT2D eigenvalue weighted by molar-refractivity contribution is -0.192. The van der Waals surface area contributed by atoms with Gasteiger partial charge < -0.3 is 15.2 Å². The maximum Gasteiger partial charge on any atom is 0.490 e. The molecule has 7 nitrogen and oxygen atoms in total. The zero-order valence-electron chi connectivity index (χ0n) is 12.7. The highest BCUT2D eigenvalue weighted by molar-refractivity contribution is 5.73. The molecular weight excluding hydrogens is 348 g/mol. The molecule has 0 aliphatic carbocycles. The van der Waals surface area contributed by atoms with Crippen LogP contribution in [0.25, 0.3) is 0 Å². The number of aliphatic carboxylic acids is 1. The van der Waals surface area contributed by atoms with Crippen molar-refractivity contribution in [2.45, 2.75) is 18.8 Å². The maximum atomic E-state index is 12.7. The highest BCUT2D eigenvalue weighted by atomic mass is 19.4. The van der Waals surface area contributed by atoms with Crippen LogP contribution in [0, 0.1) is 5.82 Å². The number of halogens is 4. The van der Waals surface area contributed by atoms with E-state index in [2.05, 4.69) is 15.6 Å². The maximum absolute atomic E-state index is 12.7. The van der Waals surface area contributed by atoms with Crippen LogP contribution in [0.3, 0.4) is 0 Å². The Morgan fingerprint density at radius 1 is 1.32 bits per heavy atom. The quantitative estimate of drug-likeness (QED) is 0.806. The Kier molecular flexibility index (Phi) is 5.91. The molecule has 0 spiro atoms. The van der Waals surface area contributed by atoms with Crippen LogP contribution in [0.15, 0.2) is 30.5 Å². The molecule has 3 rings (SSSR count). The number of carbonyl (C=O) groups is 1. The van der Waals surface area contributed by atoms with Crippen molar-refractivity contribution in [3.63, 3.8) is 0 Å². The standard InChI is InChI=1S/C12H13FN4O.C2HF3O2/c13-9-1-3-12(4-2-9)18-8-10-7-17(16-15-10)11-5-14-6-11;3-2(4,5)1(6)7/h1-4,7,11,14H,5-6,8H2;(H,6,7). The first kappa shape index (κ1) is 18.6. The van der Waals surface area contributed by atoms with Gasteiger partial charge in [0.15, 0.2) is 0 Å². The molecule has 2 aromatic rings. The summed E-state index contributed by atoms with van der Waals surface area (Å²) < 4.78 is 51.8. The Morgan fingerprint density at radius 2 is 1.92 bits per heavy atom. The number of ether oxygens (including phenoxy) is 1. The van der Waals surface area contributed by atoms with Gasteiger partial charge in [-0.15, -0.1) is 5.10 Å². The Labute approximate surface area is 139 Å². The normalized spacial score (nSPS) is 14.2. The van der Waals surface area contributed by atoms with E-state index in [-0.39, 0.29) is 5.82 Å². The number of aromatic nitrogens is 3. The highest BCUT2D eigenvalue weighted by Crippen LogP contribution is 2.14. The van der Waals surface area contributed by atoms with Gasteiger partial charge in [0.1, 0.15) is 23.9 Å². The summed E-state index contributed by atoms with van der Waals surface area (Å²) in [7, 11) is 0. The van der Waals surface area contributed by atoms with Crippen LogP contribution in [-0.2, 0) is 11.4 Å². The molecule has 2 N–H and O–H groups in total. The van der Waals surface area contributed by atoms with Gasteiger partial charge in [0, 0.05) is 13.1 Å². The van der Waals surface area contributed by atoms with Crippen LogP contribution < -0.4 is 10.1 Å². The molecule has 0 unspecified atom stereocenters. The van der Waals surface area contributed by atoms with Crippen LogP contribution in [0.5, 0.6) is 5.75 Å². The number of alkyl halides is 3. The van der Waals surface area contributed by atoms with Crippen LogP contribution in [0.2, 0.25) is 0 Å². The molecule has 25 heavy (non-hydrogen) atoms. The first-order valence-corrected chi connectivity index (χ1v) is 7.05. The first-order valence-electron chi connectivity index (χ1n) is 7.05. The molecule has 1 aromatic carbocycles. The molecule has 0 saturated carbocycles. The van der Waals surface area contributed by atoms with E-state index < -0.39 is 12.1 Å². The Bertz CT molecular complexity index is 699. The van der Waals surface area contributed by atoms with Crippen LogP contribution in [0.4, 0.5) is 17.6 Å². The molecule has 11 heteroatoms. The van der Waals surface area contributed by atoms with Gasteiger partial charge in [0.05, 0.1) is 12.2 Å². The summed E-state index contributed by atoms with van der Waals surface area (Å²) in [5, 5.41) is 18.4. The van der Waals surface area contributed by atoms with Gasteiger partial charge >= 0.3 is 12.1 Å². The molecule has 1 aliphatic rings. The molecule has 1 aromatic heterocycles. The molecule has 0 bridgehead atoms. The van der Waals surface area contributed by atoms with E-state index in [1.165, 1.54) is 12.1 Å². The Morgan fingerprint density at radius 3 is 2.40 bits per heavy atom. The fraction of sp³-hybridized carbons (Fsp3) is 0.357. The zero-order chi connectivity index (χ0) is 18.4. The third-order valence-corrected chi connectivity index (χ3v) is 3.13. The Hall–Kier alpha value is -2.69. The molecule has 0 atom stereocenters. The van der Waals surface area contributed by atoms with Crippen molar-refractivity contribution >= 4 is 5.97 Å². The van der Waals surface area contributed by atoms with E-state index in [9.17, 15) is 17.6 Å². The van der Waals surface area contributed by atoms with Gasteiger partial charge in [-0.25, -0.2) is 13.9 Å². The predicted molar refractivity (Wildman–Crippen MR) is 76.4 cm³/mol. The third-order valence-electron chi connectivity index (χ3n) is 3.13. The molecule has 0 amide bonds. The molecule has 2 heterocycles. The van der Waals surface area contributed by atoms with Gasteiger partial charge in [0.25, 0.3) is 0 Å². The average Bonchev–Trinajstić information content (AvgIpc) is 2.93. The number of hydrogen-bond acceptors (Lipinski definition) is 5. The van der Waals surface area contributed by atoms with E-state index in [1.807, 2.05) is 10.9 Å². The van der Waals surface area contributed by atoms with E-state index in [1.54, 1.807) is 12.1 Å². The largest absolute Gasteiger partial charge is 0.490 e. The number of carboxylic acid groups (broad SMARTS) is 1. The molecule has 1 saturated heterocycles. The second-order valence-corrected chi connectivity index (χ2v) is 5.05. The smallest absolute Gasteiger partial charge is 0.487 e. The monoisotopic (exact) mass is 362 g/mol. The lowest BCUT2D eigenvalue weighted by Gasteiger charge is -2.26. The van der Waals surface area contributed by atoms with Crippen molar-refractivity contribution in [2.75, 3.05) is 13.1 Å². The summed E-state index contributed by atoms with van der Waals surface area (Å²) in [6, 6.07) is 6.32. The number of rotatable bonds is 4. The SMILES string of the molecule is Fc1ccc(OCc2cn(C3CNC3)nn2)cc1.O=C(O)C(F)(F)F. The van der Waals surface area contributed by atoms with Crippen molar-refractivity contribution in [3.8, 4) is 5.75 Å². The summed E-state index contributed by atoms with van der Waals surface area (Å²) in [6.45, 7) is 2.20. The molecular formula is C14H14F4N4O3. The van der Waals surface area contributed by atoms with Crippen molar-refractivity contribution in [3.05, 3.63) is 42.0 Å². The van der Waals surface area contributed by atoms with E-state index in [0.29, 0.717) is 18.4 Å². The minimum atomic E-state index is -5.08.